The van der Waals surface area contributed by atoms with E-state index in [1.165, 1.54) is 29.5 Å². The summed E-state index contributed by atoms with van der Waals surface area (Å²) in [6.07, 6.45) is 1.70. The molecule has 0 saturated heterocycles. The van der Waals surface area contributed by atoms with Crippen LogP contribution in [0.25, 0.3) is 20.9 Å². The van der Waals surface area contributed by atoms with Gasteiger partial charge >= 0.3 is 0 Å². The van der Waals surface area contributed by atoms with Crippen LogP contribution >= 0.6 is 11.3 Å². The normalized spacial score (nSPS) is 11.6. The largest absolute Gasteiger partial charge is 0.279 e. The molecule has 0 aliphatic heterocycles. The van der Waals surface area contributed by atoms with Gasteiger partial charge in [-0.25, -0.2) is 22.8 Å². The van der Waals surface area contributed by atoms with Crippen LogP contribution in [0.1, 0.15) is 5.56 Å². The number of aryl methyl sites for hydroxylation is 1. The van der Waals surface area contributed by atoms with Crippen LogP contribution in [0.4, 0.5) is 10.1 Å². The van der Waals surface area contributed by atoms with Crippen LogP contribution in [0.2, 0.25) is 0 Å². The van der Waals surface area contributed by atoms with Gasteiger partial charge in [-0.3, -0.25) is 4.72 Å². The van der Waals surface area contributed by atoms with E-state index in [0.717, 1.165) is 32.5 Å². The summed E-state index contributed by atoms with van der Waals surface area (Å²) in [5.41, 5.74) is 2.64. The van der Waals surface area contributed by atoms with Gasteiger partial charge in [-0.15, -0.1) is 0 Å². The maximum atomic E-state index is 13.9. The van der Waals surface area contributed by atoms with Crippen molar-refractivity contribution in [3.05, 3.63) is 72.2 Å². The molecule has 4 aromatic rings. The number of hydrogen-bond donors (Lipinski definition) is 1. The molecule has 1 N–H and O–H groups in total. The lowest BCUT2D eigenvalue weighted by molar-refractivity contribution is 0.570. The lowest BCUT2D eigenvalue weighted by Crippen LogP contribution is -2.15. The first-order valence-electron chi connectivity index (χ1n) is 8.04. The lowest BCUT2D eigenvalue weighted by atomic mass is 10.1. The number of aromatic nitrogens is 2. The Morgan fingerprint density at radius 3 is 2.67 bits per heavy atom. The molecule has 2 aromatic heterocycles. The Balaban J connectivity index is 1.74. The van der Waals surface area contributed by atoms with E-state index in [9.17, 15) is 12.8 Å². The fourth-order valence-corrected chi connectivity index (χ4v) is 4.73. The molecule has 0 aliphatic rings. The van der Waals surface area contributed by atoms with Gasteiger partial charge in [0, 0.05) is 11.8 Å². The monoisotopic (exact) mass is 399 g/mol. The highest BCUT2D eigenvalue weighted by Gasteiger charge is 2.20. The van der Waals surface area contributed by atoms with E-state index in [4.69, 9.17) is 0 Å². The predicted molar refractivity (Wildman–Crippen MR) is 105 cm³/mol. The van der Waals surface area contributed by atoms with Gasteiger partial charge in [0.05, 0.1) is 5.69 Å². The Morgan fingerprint density at radius 2 is 1.89 bits per heavy atom. The highest BCUT2D eigenvalue weighted by Crippen LogP contribution is 2.32. The highest BCUT2D eigenvalue weighted by atomic mass is 32.2. The minimum Gasteiger partial charge on any atom is -0.279 e. The molecule has 27 heavy (non-hydrogen) atoms. The molecule has 5 nitrogen and oxygen atoms in total. The summed E-state index contributed by atoms with van der Waals surface area (Å²) in [5.74, 6) is -0.795. The number of nitrogens with zero attached hydrogens (tertiary/aromatic N) is 2. The second-order valence-electron chi connectivity index (χ2n) is 5.91. The third-order valence-electron chi connectivity index (χ3n) is 4.02. The van der Waals surface area contributed by atoms with Crippen LogP contribution < -0.4 is 4.72 Å². The smallest absolute Gasteiger partial charge is 0.264 e. The number of hydrogen-bond acceptors (Lipinski definition) is 5. The van der Waals surface area contributed by atoms with Crippen molar-refractivity contribution in [2.24, 2.45) is 0 Å². The zero-order valence-electron chi connectivity index (χ0n) is 14.2. The van der Waals surface area contributed by atoms with Crippen LogP contribution in [-0.4, -0.2) is 18.4 Å². The molecular weight excluding hydrogens is 385 g/mol. The topological polar surface area (TPSA) is 72.0 Å². The molecule has 2 aromatic carbocycles. The van der Waals surface area contributed by atoms with E-state index < -0.39 is 15.8 Å². The molecule has 0 radical (unpaired) electrons. The molecule has 0 fully saturated rings. The number of anilines is 1. The van der Waals surface area contributed by atoms with E-state index >= 15 is 0 Å². The van der Waals surface area contributed by atoms with Crippen LogP contribution in [0.3, 0.4) is 0 Å². The van der Waals surface area contributed by atoms with Gasteiger partial charge in [-0.2, -0.15) is 0 Å². The number of pyridine rings is 1. The highest BCUT2D eigenvalue weighted by molar-refractivity contribution is 7.92. The first kappa shape index (κ1) is 17.6. The summed E-state index contributed by atoms with van der Waals surface area (Å²) in [5, 5.41) is 0.732. The standard InChI is InChI=1S/C19H14FN3O2S2/c1-12-8-9-13(18-22-15-6-4-10-21-19(15)26-18)11-16(12)23-27(24,25)17-7-3-2-5-14(17)20/h2-11,23H,1H3. The number of sulfonamides is 1. The number of halogens is 1. The summed E-state index contributed by atoms with van der Waals surface area (Å²) in [4.78, 5) is 9.24. The van der Waals surface area contributed by atoms with Gasteiger partial charge in [0.15, 0.2) is 0 Å². The molecule has 2 heterocycles. The molecule has 4 rings (SSSR count). The van der Waals surface area contributed by atoms with Crippen molar-refractivity contribution in [3.63, 3.8) is 0 Å². The molecule has 0 amide bonds. The van der Waals surface area contributed by atoms with Gasteiger partial charge in [0.2, 0.25) is 0 Å². The predicted octanol–water partition coefficient (Wildman–Crippen LogP) is 4.61. The summed E-state index contributed by atoms with van der Waals surface area (Å²) in [6.45, 7) is 1.78. The minimum atomic E-state index is -4.04. The third-order valence-corrected chi connectivity index (χ3v) is 6.45. The van der Waals surface area contributed by atoms with Crippen LogP contribution in [0.5, 0.6) is 0 Å². The fourth-order valence-electron chi connectivity index (χ4n) is 2.62. The zero-order chi connectivity index (χ0) is 19.0. The molecular formula is C19H14FN3O2S2. The number of nitrogens with one attached hydrogen (secondary N) is 1. The summed E-state index contributed by atoms with van der Waals surface area (Å²) >= 11 is 1.42. The van der Waals surface area contributed by atoms with Gasteiger partial charge in [-0.05, 0) is 42.8 Å². The second kappa shape index (κ2) is 6.71. The Labute approximate surface area is 159 Å². The first-order valence-corrected chi connectivity index (χ1v) is 10.3. The zero-order valence-corrected chi connectivity index (χ0v) is 15.8. The number of fused-ring (bicyclic) bond motifs is 1. The van der Waals surface area contributed by atoms with Crippen LogP contribution in [-0.2, 0) is 10.0 Å². The van der Waals surface area contributed by atoms with E-state index in [-0.39, 0.29) is 4.90 Å². The molecule has 0 unspecified atom stereocenters. The molecule has 0 saturated carbocycles. The van der Waals surface area contributed by atoms with Gasteiger partial charge < -0.3 is 0 Å². The van der Waals surface area contributed by atoms with E-state index in [0.29, 0.717) is 5.69 Å². The molecule has 0 bridgehead atoms. The maximum Gasteiger partial charge on any atom is 0.264 e. The average molecular weight is 399 g/mol. The lowest BCUT2D eigenvalue weighted by Gasteiger charge is -2.12. The first-order chi connectivity index (χ1) is 12.9. The summed E-state index contributed by atoms with van der Waals surface area (Å²) in [6, 6.07) is 14.3. The van der Waals surface area contributed by atoms with E-state index in [2.05, 4.69) is 14.7 Å². The second-order valence-corrected chi connectivity index (χ2v) is 8.54. The Bertz CT molecular complexity index is 1220. The molecule has 136 valence electrons. The van der Waals surface area contributed by atoms with Crippen molar-refractivity contribution in [1.82, 2.24) is 9.97 Å². The summed E-state index contributed by atoms with van der Waals surface area (Å²) < 4.78 is 41.6. The average Bonchev–Trinajstić information content (AvgIpc) is 3.08. The molecule has 0 spiro atoms. The van der Waals surface area contributed by atoms with Gasteiger partial charge in [-0.1, -0.05) is 35.6 Å². The summed E-state index contributed by atoms with van der Waals surface area (Å²) in [7, 11) is -4.04. The van der Waals surface area contributed by atoms with Crippen LogP contribution in [0, 0.1) is 12.7 Å². The van der Waals surface area contributed by atoms with Crippen molar-refractivity contribution in [1.29, 1.82) is 0 Å². The molecule has 0 atom stereocenters. The maximum absolute atomic E-state index is 13.9. The van der Waals surface area contributed by atoms with Crippen molar-refractivity contribution < 1.29 is 12.8 Å². The Hall–Kier alpha value is -2.84. The Kier molecular flexibility index (Phi) is 4.37. The van der Waals surface area contributed by atoms with Crippen molar-refractivity contribution in [3.8, 4) is 10.6 Å². The number of thiazole rings is 1. The minimum absolute atomic E-state index is 0.378. The number of benzene rings is 2. The SMILES string of the molecule is Cc1ccc(-c2nc3cccnc3s2)cc1NS(=O)(=O)c1ccccc1F. The molecule has 8 heteroatoms. The fraction of sp³-hybridized carbons (Fsp3) is 0.0526. The van der Waals surface area contributed by atoms with Gasteiger partial charge in [0.25, 0.3) is 10.0 Å². The molecule has 0 aliphatic carbocycles. The number of rotatable bonds is 4. The Morgan fingerprint density at radius 1 is 1.07 bits per heavy atom. The third kappa shape index (κ3) is 3.41. The van der Waals surface area contributed by atoms with Crippen molar-refractivity contribution in [2.45, 2.75) is 11.8 Å². The quantitative estimate of drug-likeness (QED) is 0.544. The van der Waals surface area contributed by atoms with E-state index in [1.54, 1.807) is 25.3 Å². The van der Waals surface area contributed by atoms with Crippen molar-refractivity contribution >= 4 is 37.4 Å². The van der Waals surface area contributed by atoms with Crippen LogP contribution in [0.15, 0.2) is 65.7 Å². The van der Waals surface area contributed by atoms with Gasteiger partial charge in [0.1, 0.15) is 26.1 Å². The van der Waals surface area contributed by atoms with Crippen molar-refractivity contribution in [2.75, 3.05) is 4.72 Å². The van der Waals surface area contributed by atoms with E-state index in [1.807, 2.05) is 18.2 Å².